The van der Waals surface area contributed by atoms with E-state index < -0.39 is 0 Å². The Kier molecular flexibility index (Phi) is 4.43. The molecule has 0 spiro atoms. The van der Waals surface area contributed by atoms with Gasteiger partial charge >= 0.3 is 0 Å². The van der Waals surface area contributed by atoms with Crippen LogP contribution >= 0.6 is 15.9 Å². The molecule has 100 valence electrons. The van der Waals surface area contributed by atoms with Crippen LogP contribution in [0.2, 0.25) is 0 Å². The number of hydrogen-bond acceptors (Lipinski definition) is 4. The molecule has 0 saturated heterocycles. The zero-order valence-electron chi connectivity index (χ0n) is 11.2. The number of rotatable bonds is 3. The van der Waals surface area contributed by atoms with Crippen molar-refractivity contribution in [2.75, 3.05) is 17.7 Å². The van der Waals surface area contributed by atoms with Gasteiger partial charge in [-0.3, -0.25) is 0 Å². The van der Waals surface area contributed by atoms with E-state index in [9.17, 15) is 0 Å². The molecule has 0 aliphatic heterocycles. The van der Waals surface area contributed by atoms with Crippen LogP contribution in [0.1, 0.15) is 33.1 Å². The molecule has 0 bridgehead atoms. The summed E-state index contributed by atoms with van der Waals surface area (Å²) in [4.78, 5) is 8.63. The number of halogens is 1. The highest BCUT2D eigenvalue weighted by Crippen LogP contribution is 2.31. The highest BCUT2D eigenvalue weighted by Gasteiger charge is 2.24. The fourth-order valence-corrected chi connectivity index (χ4v) is 3.15. The van der Waals surface area contributed by atoms with E-state index in [4.69, 9.17) is 0 Å². The number of hydrogen-bond donors (Lipinski definition) is 2. The van der Waals surface area contributed by atoms with E-state index in [1.807, 2.05) is 7.05 Å². The molecule has 2 unspecified atom stereocenters. The molecule has 1 fully saturated rings. The van der Waals surface area contributed by atoms with Crippen LogP contribution in [-0.4, -0.2) is 23.1 Å². The van der Waals surface area contributed by atoms with Crippen molar-refractivity contribution in [2.24, 2.45) is 11.8 Å². The maximum atomic E-state index is 4.45. The van der Waals surface area contributed by atoms with Crippen LogP contribution in [0.4, 0.5) is 11.8 Å². The van der Waals surface area contributed by atoms with Gasteiger partial charge in [-0.2, -0.15) is 4.98 Å². The SMILES string of the molecule is CNc1ncc(Br)c(NC2CC(C)CC(C)C2)n1. The molecule has 1 saturated carbocycles. The molecule has 2 atom stereocenters. The second kappa shape index (κ2) is 5.87. The lowest BCUT2D eigenvalue weighted by Crippen LogP contribution is -2.30. The van der Waals surface area contributed by atoms with Crippen molar-refractivity contribution >= 4 is 27.7 Å². The molecule has 2 rings (SSSR count). The van der Waals surface area contributed by atoms with Crippen molar-refractivity contribution in [1.29, 1.82) is 0 Å². The van der Waals surface area contributed by atoms with Gasteiger partial charge in [-0.25, -0.2) is 4.98 Å². The van der Waals surface area contributed by atoms with Crippen LogP contribution in [0.25, 0.3) is 0 Å². The van der Waals surface area contributed by atoms with Gasteiger partial charge in [0, 0.05) is 19.3 Å². The van der Waals surface area contributed by atoms with Crippen molar-refractivity contribution in [3.05, 3.63) is 10.7 Å². The van der Waals surface area contributed by atoms with E-state index in [1.54, 1.807) is 6.20 Å². The smallest absolute Gasteiger partial charge is 0.224 e. The van der Waals surface area contributed by atoms with E-state index in [2.05, 4.69) is 50.4 Å². The molecule has 1 aromatic heterocycles. The summed E-state index contributed by atoms with van der Waals surface area (Å²) < 4.78 is 0.923. The summed E-state index contributed by atoms with van der Waals surface area (Å²) in [6, 6.07) is 0.514. The molecule has 1 heterocycles. The Morgan fingerprint density at radius 1 is 1.22 bits per heavy atom. The first-order valence-corrected chi connectivity index (χ1v) is 7.34. The number of nitrogens with one attached hydrogen (secondary N) is 2. The summed E-state index contributed by atoms with van der Waals surface area (Å²) in [6.07, 6.45) is 5.56. The molecule has 5 heteroatoms. The largest absolute Gasteiger partial charge is 0.366 e. The normalized spacial score (nSPS) is 27.9. The summed E-state index contributed by atoms with van der Waals surface area (Å²) in [5.41, 5.74) is 0. The van der Waals surface area contributed by atoms with Crippen molar-refractivity contribution in [2.45, 2.75) is 39.2 Å². The van der Waals surface area contributed by atoms with Crippen molar-refractivity contribution in [3.63, 3.8) is 0 Å². The summed E-state index contributed by atoms with van der Waals surface area (Å²) >= 11 is 3.50. The Morgan fingerprint density at radius 3 is 2.50 bits per heavy atom. The maximum absolute atomic E-state index is 4.45. The van der Waals surface area contributed by atoms with Gasteiger partial charge in [0.1, 0.15) is 5.82 Å². The van der Waals surface area contributed by atoms with E-state index in [0.29, 0.717) is 12.0 Å². The predicted octanol–water partition coefficient (Wildman–Crippen LogP) is 3.52. The molecule has 0 radical (unpaired) electrons. The number of aromatic nitrogens is 2. The molecule has 1 aliphatic rings. The van der Waals surface area contributed by atoms with Gasteiger partial charge in [-0.1, -0.05) is 13.8 Å². The maximum Gasteiger partial charge on any atom is 0.224 e. The summed E-state index contributed by atoms with van der Waals surface area (Å²) in [5, 5.41) is 6.51. The van der Waals surface area contributed by atoms with Crippen LogP contribution in [0, 0.1) is 11.8 Å². The van der Waals surface area contributed by atoms with E-state index in [1.165, 1.54) is 19.3 Å². The lowest BCUT2D eigenvalue weighted by Gasteiger charge is -2.32. The first-order chi connectivity index (χ1) is 8.58. The van der Waals surface area contributed by atoms with Crippen molar-refractivity contribution in [1.82, 2.24) is 9.97 Å². The third-order valence-corrected chi connectivity index (χ3v) is 4.07. The monoisotopic (exact) mass is 312 g/mol. The van der Waals surface area contributed by atoms with Crippen molar-refractivity contribution in [3.8, 4) is 0 Å². The fraction of sp³-hybridized carbons (Fsp3) is 0.692. The molecule has 1 aliphatic carbocycles. The molecule has 0 aromatic carbocycles. The Morgan fingerprint density at radius 2 is 1.89 bits per heavy atom. The zero-order chi connectivity index (χ0) is 13.1. The van der Waals surface area contributed by atoms with Gasteiger partial charge in [0.25, 0.3) is 0 Å². The highest BCUT2D eigenvalue weighted by atomic mass is 79.9. The van der Waals surface area contributed by atoms with Gasteiger partial charge in [0.2, 0.25) is 5.95 Å². The fourth-order valence-electron chi connectivity index (χ4n) is 2.85. The lowest BCUT2D eigenvalue weighted by atomic mass is 9.80. The van der Waals surface area contributed by atoms with Gasteiger partial charge in [-0.15, -0.1) is 0 Å². The van der Waals surface area contributed by atoms with Crippen LogP contribution in [0.15, 0.2) is 10.7 Å². The molecule has 0 amide bonds. The first kappa shape index (κ1) is 13.6. The number of nitrogens with zero attached hydrogens (tertiary/aromatic N) is 2. The second-order valence-corrected chi connectivity index (χ2v) is 6.25. The van der Waals surface area contributed by atoms with Gasteiger partial charge in [0.05, 0.1) is 4.47 Å². The van der Waals surface area contributed by atoms with Crippen LogP contribution < -0.4 is 10.6 Å². The molecule has 18 heavy (non-hydrogen) atoms. The Labute approximate surface area is 117 Å². The van der Waals surface area contributed by atoms with Crippen LogP contribution in [0.5, 0.6) is 0 Å². The summed E-state index contributed by atoms with van der Waals surface area (Å²) in [7, 11) is 1.83. The minimum atomic E-state index is 0.514. The Hall–Kier alpha value is -0.840. The third kappa shape index (κ3) is 3.34. The topological polar surface area (TPSA) is 49.8 Å². The average Bonchev–Trinajstić information content (AvgIpc) is 2.30. The summed E-state index contributed by atoms with van der Waals surface area (Å²) in [6.45, 7) is 4.66. The highest BCUT2D eigenvalue weighted by molar-refractivity contribution is 9.10. The minimum Gasteiger partial charge on any atom is -0.366 e. The Bertz CT molecular complexity index is 400. The first-order valence-electron chi connectivity index (χ1n) is 6.55. The van der Waals surface area contributed by atoms with Gasteiger partial charge < -0.3 is 10.6 Å². The molecule has 2 N–H and O–H groups in total. The van der Waals surface area contributed by atoms with Crippen LogP contribution in [-0.2, 0) is 0 Å². The molecule has 4 nitrogen and oxygen atoms in total. The standard InChI is InChI=1S/C13H21BrN4/c1-8-4-9(2)6-10(5-8)17-12-11(14)7-16-13(15-3)18-12/h7-10H,4-6H2,1-3H3,(H2,15,16,17,18). The van der Waals surface area contributed by atoms with Gasteiger partial charge in [-0.05, 0) is 47.0 Å². The average molecular weight is 313 g/mol. The van der Waals surface area contributed by atoms with E-state index in [0.717, 1.165) is 22.1 Å². The van der Waals surface area contributed by atoms with Crippen molar-refractivity contribution < 1.29 is 0 Å². The molecular weight excluding hydrogens is 292 g/mol. The van der Waals surface area contributed by atoms with Crippen LogP contribution in [0.3, 0.4) is 0 Å². The number of anilines is 2. The van der Waals surface area contributed by atoms with Gasteiger partial charge in [0.15, 0.2) is 0 Å². The Balaban J connectivity index is 2.08. The lowest BCUT2D eigenvalue weighted by molar-refractivity contribution is 0.280. The molecule has 1 aromatic rings. The van der Waals surface area contributed by atoms with E-state index >= 15 is 0 Å². The second-order valence-electron chi connectivity index (χ2n) is 5.40. The zero-order valence-corrected chi connectivity index (χ0v) is 12.8. The van der Waals surface area contributed by atoms with E-state index in [-0.39, 0.29) is 0 Å². The molecular formula is C13H21BrN4. The minimum absolute atomic E-state index is 0.514. The third-order valence-electron chi connectivity index (χ3n) is 3.49. The predicted molar refractivity (Wildman–Crippen MR) is 78.9 cm³/mol. The summed E-state index contributed by atoms with van der Waals surface area (Å²) in [5.74, 6) is 3.12. The quantitative estimate of drug-likeness (QED) is 0.896.